The van der Waals surface area contributed by atoms with Crippen LogP contribution in [0.1, 0.15) is 105 Å². The lowest BCUT2D eigenvalue weighted by Gasteiger charge is -2.65. The Labute approximate surface area is 214 Å². The number of fused-ring (bicyclic) bond motifs is 7. The van der Waals surface area contributed by atoms with Gasteiger partial charge in [-0.15, -0.1) is 0 Å². The van der Waals surface area contributed by atoms with Crippen molar-refractivity contribution < 1.29 is 0 Å². The predicted octanol–water partition coefficient (Wildman–Crippen LogP) is 8.91. The number of nitrogens with zero attached hydrogens (tertiary/aromatic N) is 1. The Morgan fingerprint density at radius 3 is 2.06 bits per heavy atom. The molecule has 0 amide bonds. The molecule has 1 saturated heterocycles. The van der Waals surface area contributed by atoms with Crippen LogP contribution in [0.4, 0.5) is 0 Å². The van der Waals surface area contributed by atoms with Gasteiger partial charge in [0.2, 0.25) is 0 Å². The molecule has 0 aromatic rings. The summed E-state index contributed by atoms with van der Waals surface area (Å²) in [7, 11) is 0. The minimum absolute atomic E-state index is 0.169. The lowest BCUT2D eigenvalue weighted by molar-refractivity contribution is -0.0203. The van der Waals surface area contributed by atoms with Crippen LogP contribution in [-0.4, -0.2) is 17.0 Å². The molecule has 7 aliphatic carbocycles. The first-order valence-electron chi connectivity index (χ1n) is 15.3. The Bertz CT molecular complexity index is 1060. The highest BCUT2D eigenvalue weighted by molar-refractivity contribution is 5.56. The molecule has 0 aromatic carbocycles. The summed E-state index contributed by atoms with van der Waals surface area (Å²) in [5, 5.41) is 0. The minimum atomic E-state index is 0.169. The average molecular weight is 470 g/mol. The lowest BCUT2D eigenvalue weighted by Crippen LogP contribution is -2.64. The van der Waals surface area contributed by atoms with Crippen LogP contribution in [0.5, 0.6) is 0 Å². The number of allylic oxidation sites excluding steroid dienone is 7. The van der Waals surface area contributed by atoms with Gasteiger partial charge in [-0.3, -0.25) is 0 Å². The summed E-state index contributed by atoms with van der Waals surface area (Å²) in [4.78, 5) is 2.96. The summed E-state index contributed by atoms with van der Waals surface area (Å²) >= 11 is 0. The fourth-order valence-corrected chi connectivity index (χ4v) is 10.2. The van der Waals surface area contributed by atoms with Crippen molar-refractivity contribution in [3.63, 3.8) is 0 Å². The van der Waals surface area contributed by atoms with Gasteiger partial charge < -0.3 is 4.90 Å². The Kier molecular flexibility index (Phi) is 5.18. The van der Waals surface area contributed by atoms with Crippen LogP contribution >= 0.6 is 0 Å². The first kappa shape index (κ1) is 22.7. The molecular formula is C34H47N. The van der Waals surface area contributed by atoms with E-state index in [0.717, 1.165) is 30.1 Å². The second kappa shape index (κ2) is 8.00. The molecule has 0 N–H and O–H groups in total. The van der Waals surface area contributed by atoms with Crippen molar-refractivity contribution in [2.75, 3.05) is 6.54 Å². The Morgan fingerprint density at radius 2 is 1.43 bits per heavy atom. The Balaban J connectivity index is 1.44. The van der Waals surface area contributed by atoms with E-state index in [0.29, 0.717) is 5.92 Å². The van der Waals surface area contributed by atoms with Gasteiger partial charge in [-0.05, 0) is 130 Å². The van der Waals surface area contributed by atoms with Crippen LogP contribution in [-0.2, 0) is 0 Å². The van der Waals surface area contributed by atoms with Gasteiger partial charge in [0.05, 0.1) is 0 Å². The van der Waals surface area contributed by atoms with Crippen LogP contribution < -0.4 is 0 Å². The summed E-state index contributed by atoms with van der Waals surface area (Å²) in [6, 6.07) is 0. The third-order valence-electron chi connectivity index (χ3n) is 12.3. The van der Waals surface area contributed by atoms with Crippen molar-refractivity contribution in [3.05, 3.63) is 57.9 Å². The van der Waals surface area contributed by atoms with Crippen LogP contribution in [0.2, 0.25) is 0 Å². The maximum absolute atomic E-state index is 2.96. The quantitative estimate of drug-likeness (QED) is 0.371. The van der Waals surface area contributed by atoms with Gasteiger partial charge in [0.15, 0.2) is 0 Å². The van der Waals surface area contributed by atoms with Gasteiger partial charge >= 0.3 is 0 Å². The zero-order valence-corrected chi connectivity index (χ0v) is 22.8. The van der Waals surface area contributed by atoms with Crippen molar-refractivity contribution in [3.8, 4) is 0 Å². The van der Waals surface area contributed by atoms with E-state index in [9.17, 15) is 0 Å². The van der Waals surface area contributed by atoms with Gasteiger partial charge in [0.1, 0.15) is 0 Å². The average Bonchev–Trinajstić information content (AvgIpc) is 2.91. The molecule has 2 aliphatic heterocycles. The van der Waals surface area contributed by atoms with E-state index in [-0.39, 0.29) is 11.0 Å². The highest BCUT2D eigenvalue weighted by Crippen LogP contribution is 2.64. The molecule has 4 bridgehead atoms. The van der Waals surface area contributed by atoms with E-state index in [2.05, 4.69) is 56.9 Å². The molecule has 9 rings (SSSR count). The Hall–Kier alpha value is -1.50. The first-order chi connectivity index (χ1) is 17.0. The molecule has 3 unspecified atom stereocenters. The summed E-state index contributed by atoms with van der Waals surface area (Å²) in [6.07, 6.45) is 27.4. The van der Waals surface area contributed by atoms with Gasteiger partial charge in [0, 0.05) is 29.1 Å². The monoisotopic (exact) mass is 469 g/mol. The highest BCUT2D eigenvalue weighted by Gasteiger charge is 2.59. The van der Waals surface area contributed by atoms with Crippen molar-refractivity contribution >= 4 is 0 Å². The molecule has 1 heteroatoms. The van der Waals surface area contributed by atoms with Crippen molar-refractivity contribution in [2.45, 2.75) is 110 Å². The number of rotatable bonds is 4. The second-order valence-electron chi connectivity index (χ2n) is 13.6. The van der Waals surface area contributed by atoms with Crippen LogP contribution in [0.25, 0.3) is 0 Å². The predicted molar refractivity (Wildman–Crippen MR) is 147 cm³/mol. The highest BCUT2D eigenvalue weighted by atomic mass is 15.2. The molecular weight excluding hydrogens is 422 g/mol. The van der Waals surface area contributed by atoms with E-state index >= 15 is 0 Å². The third-order valence-corrected chi connectivity index (χ3v) is 12.3. The maximum Gasteiger partial charge on any atom is 0.0471 e. The molecule has 0 radical (unpaired) electrons. The molecule has 3 atom stereocenters. The van der Waals surface area contributed by atoms with Crippen LogP contribution in [0.3, 0.4) is 0 Å². The normalized spacial score (nSPS) is 43.7. The minimum Gasteiger partial charge on any atom is -0.361 e. The molecule has 3 fully saturated rings. The fraction of sp³-hybridized carbons (Fsp3) is 0.706. The van der Waals surface area contributed by atoms with Crippen LogP contribution in [0, 0.1) is 35.0 Å². The first-order valence-corrected chi connectivity index (χ1v) is 15.3. The summed E-state index contributed by atoms with van der Waals surface area (Å²) in [5.74, 6) is 4.07. The van der Waals surface area contributed by atoms with E-state index in [1.807, 2.05) is 11.1 Å². The van der Waals surface area contributed by atoms with Gasteiger partial charge in [-0.1, -0.05) is 51.0 Å². The summed E-state index contributed by atoms with van der Waals surface area (Å²) in [6.45, 7) is 11.3. The number of hydrogen-bond donors (Lipinski definition) is 0. The number of piperidine rings is 1. The largest absolute Gasteiger partial charge is 0.361 e. The molecule has 1 nitrogen and oxygen atoms in total. The number of hydrogen-bond acceptors (Lipinski definition) is 1. The van der Waals surface area contributed by atoms with Crippen molar-refractivity contribution in [2.24, 2.45) is 35.0 Å². The zero-order chi connectivity index (χ0) is 23.9. The van der Waals surface area contributed by atoms with Gasteiger partial charge in [-0.25, -0.2) is 0 Å². The van der Waals surface area contributed by atoms with Crippen molar-refractivity contribution in [1.29, 1.82) is 0 Å². The van der Waals surface area contributed by atoms with E-state index in [1.165, 1.54) is 77.2 Å². The molecule has 0 aromatic heterocycles. The van der Waals surface area contributed by atoms with Crippen molar-refractivity contribution in [1.82, 2.24) is 4.90 Å². The molecule has 2 saturated carbocycles. The molecule has 188 valence electrons. The summed E-state index contributed by atoms with van der Waals surface area (Å²) in [5.41, 5.74) is 11.0. The SMILES string of the molecule is CCC=CC1(C)C2CC3=C(C=C2C2=CC4=C(CN2C1(C)CCC)C1CCC4CC1)C1CCC3CC1. The van der Waals surface area contributed by atoms with E-state index in [1.54, 1.807) is 22.4 Å². The van der Waals surface area contributed by atoms with E-state index < -0.39 is 0 Å². The second-order valence-corrected chi connectivity index (χ2v) is 13.6. The maximum atomic E-state index is 2.96. The van der Waals surface area contributed by atoms with Gasteiger partial charge in [0.25, 0.3) is 0 Å². The Morgan fingerprint density at radius 1 is 0.829 bits per heavy atom. The zero-order valence-electron chi connectivity index (χ0n) is 22.8. The molecule has 2 heterocycles. The molecule has 35 heavy (non-hydrogen) atoms. The topological polar surface area (TPSA) is 3.24 Å². The third kappa shape index (κ3) is 2.99. The van der Waals surface area contributed by atoms with Crippen LogP contribution in [0.15, 0.2) is 57.9 Å². The lowest BCUT2D eigenvalue weighted by atomic mass is 9.50. The molecule has 0 spiro atoms. The molecule has 9 aliphatic rings. The van der Waals surface area contributed by atoms with E-state index in [4.69, 9.17) is 0 Å². The summed E-state index contributed by atoms with van der Waals surface area (Å²) < 4.78 is 0. The fourth-order valence-electron chi connectivity index (χ4n) is 10.2. The smallest absolute Gasteiger partial charge is 0.0471 e. The standard InChI is InChI=1S/C34H47N/c1-5-7-17-33(3)31-19-27-23-10-8-22(9-11-23)26(27)18-29(31)32-20-28-24-12-14-25(15-13-24)30(28)21-35(32)34(33,4)16-6-2/h7,17-18,20,22-25,31H,5-6,8-16,19,21H2,1-4H3. The van der Waals surface area contributed by atoms with Gasteiger partial charge in [-0.2, -0.15) is 0 Å².